The summed E-state index contributed by atoms with van der Waals surface area (Å²) in [5.41, 5.74) is -3.80. The van der Waals surface area contributed by atoms with Gasteiger partial charge in [0.2, 0.25) is 34.1 Å². The van der Waals surface area contributed by atoms with Crippen molar-refractivity contribution < 1.29 is 59.4 Å². The van der Waals surface area contributed by atoms with E-state index in [1.165, 1.54) is 26.2 Å². The van der Waals surface area contributed by atoms with Gasteiger partial charge in [0.1, 0.15) is 35.6 Å². The lowest BCUT2D eigenvalue weighted by atomic mass is 9.85. The number of hydrogen-bond acceptors (Lipinski definition) is 11. The number of carbonyl (C=O) groups excluding carboxylic acids is 4. The Labute approximate surface area is 350 Å². The first-order valence-corrected chi connectivity index (χ1v) is 22.5. The van der Waals surface area contributed by atoms with Crippen LogP contribution < -0.4 is 24.8 Å². The fourth-order valence-electron chi connectivity index (χ4n) is 9.65. The largest absolute Gasteiger partial charge is 0.497 e. The van der Waals surface area contributed by atoms with Crippen LogP contribution in [0, 0.1) is 35.0 Å². The molecule has 1 saturated heterocycles. The normalized spacial score (nSPS) is 33.8. The van der Waals surface area contributed by atoms with Gasteiger partial charge in [-0.2, -0.15) is 8.78 Å². The number of carbonyl (C=O) groups is 4. The third kappa shape index (κ3) is 8.28. The van der Waals surface area contributed by atoms with Gasteiger partial charge in [0.25, 0.3) is 11.8 Å². The summed E-state index contributed by atoms with van der Waals surface area (Å²) < 4.78 is 106. The Kier molecular flexibility index (Phi) is 10.9. The molecule has 6 aliphatic rings. The molecule has 1 aromatic heterocycles. The molecule has 2 aromatic rings. The SMILES string of the molecule is COc1ccc2nc3c(nc2c1)O[C@H]1CN(C(=O)[C@H](C(C)(C)C)NC(=O)O[C@@H]2CC4C[C@@H]4[C@H]2CCCCC3(F)F)[C@H](C(=O)N[C@]2(C(=O)NS(=O)(=O)C3CC3)C[C@H]2C(F)F)[C@@H]1C. The predicted octanol–water partition coefficient (Wildman–Crippen LogP) is 4.81. The number of hydrogen-bond donors (Lipinski definition) is 3. The van der Waals surface area contributed by atoms with E-state index in [0.717, 1.165) is 11.3 Å². The van der Waals surface area contributed by atoms with Gasteiger partial charge in [0.05, 0.1) is 35.9 Å². The van der Waals surface area contributed by atoms with Crippen molar-refractivity contribution in [2.45, 2.75) is 133 Å². The van der Waals surface area contributed by atoms with Crippen LogP contribution in [-0.2, 0) is 35.1 Å². The van der Waals surface area contributed by atoms with Crippen molar-refractivity contribution in [1.29, 1.82) is 0 Å². The van der Waals surface area contributed by atoms with Crippen molar-refractivity contribution in [2.24, 2.45) is 35.0 Å². The molecule has 8 rings (SSSR count). The number of ether oxygens (including phenoxy) is 3. The van der Waals surface area contributed by atoms with Crippen molar-refractivity contribution in [3.05, 3.63) is 23.9 Å². The maximum Gasteiger partial charge on any atom is 0.408 e. The van der Waals surface area contributed by atoms with Crippen molar-refractivity contribution in [2.75, 3.05) is 13.7 Å². The number of rotatable bonds is 7. The first-order valence-electron chi connectivity index (χ1n) is 21.0. The van der Waals surface area contributed by atoms with Crippen LogP contribution in [0.2, 0.25) is 0 Å². The third-order valence-corrected chi connectivity index (χ3v) is 15.3. The summed E-state index contributed by atoms with van der Waals surface area (Å²) in [4.78, 5) is 66.5. The highest BCUT2D eigenvalue weighted by Crippen LogP contribution is 2.58. The summed E-state index contributed by atoms with van der Waals surface area (Å²) in [6, 6.07) is 1.59. The summed E-state index contributed by atoms with van der Waals surface area (Å²) in [5.74, 6) is -9.22. The Morgan fingerprint density at radius 3 is 2.41 bits per heavy atom. The number of nitrogens with zero attached hydrogens (tertiary/aromatic N) is 3. The van der Waals surface area contributed by atoms with Crippen LogP contribution in [-0.4, -0.2) is 102 Å². The maximum absolute atomic E-state index is 16.5. The molecule has 61 heavy (non-hydrogen) atoms. The molecule has 0 spiro atoms. The fourth-order valence-corrected chi connectivity index (χ4v) is 11.0. The van der Waals surface area contributed by atoms with Gasteiger partial charge in [-0.1, -0.05) is 34.1 Å². The molecule has 4 saturated carbocycles. The Bertz CT molecular complexity index is 2220. The Morgan fingerprint density at radius 1 is 1.02 bits per heavy atom. The minimum atomic E-state index is -4.22. The second-order valence-corrected chi connectivity index (χ2v) is 20.8. The molecule has 2 bridgehead atoms. The molecule has 10 atom stereocenters. The van der Waals surface area contributed by atoms with Gasteiger partial charge in [-0.15, -0.1) is 0 Å². The molecule has 2 aliphatic heterocycles. The van der Waals surface area contributed by atoms with E-state index in [0.29, 0.717) is 36.8 Å². The second-order valence-electron chi connectivity index (χ2n) is 18.9. The second kappa shape index (κ2) is 15.4. The quantitative estimate of drug-likeness (QED) is 0.323. The Morgan fingerprint density at radius 2 is 1.75 bits per heavy atom. The highest BCUT2D eigenvalue weighted by atomic mass is 32.2. The summed E-state index contributed by atoms with van der Waals surface area (Å²) in [5, 5.41) is 4.23. The zero-order chi connectivity index (χ0) is 44.0. The predicted molar refractivity (Wildman–Crippen MR) is 209 cm³/mol. The highest BCUT2D eigenvalue weighted by molar-refractivity contribution is 7.91. The van der Waals surface area contributed by atoms with Gasteiger partial charge in [-0.25, -0.2) is 32.0 Å². The van der Waals surface area contributed by atoms with Gasteiger partial charge in [0, 0.05) is 18.4 Å². The van der Waals surface area contributed by atoms with Crippen molar-refractivity contribution in [3.63, 3.8) is 0 Å². The lowest BCUT2D eigenvalue weighted by molar-refractivity contribution is -0.143. The molecule has 334 valence electrons. The van der Waals surface area contributed by atoms with Gasteiger partial charge in [-0.05, 0) is 80.2 Å². The zero-order valence-corrected chi connectivity index (χ0v) is 35.4. The smallest absolute Gasteiger partial charge is 0.408 e. The number of sulfonamides is 1. The summed E-state index contributed by atoms with van der Waals surface area (Å²) in [6.07, 6.45) is -3.75. The molecule has 0 radical (unpaired) electrons. The standard InChI is InChI=1S/C41H52F4N6O9S/c1-19-29-18-51(30(19)34(52)49-40(17-25(40)33(42)43)37(54)50-61(56,57)22-10-11-22)36(53)32(39(2,3)4)48-38(55)60-28-15-20-14-24(20)23(28)8-6-7-13-41(44,45)31-35(59-29)47-27-16-21(58-5)9-12-26(27)46-31/h9,12,16,19-20,22-25,28-30,32-33H,6-8,10-11,13-15,17-18H2,1-5H3,(H,48,55)(H,49,52)(H,50,54)/t19-,20?,23-,24+,25+,28-,29+,30+,32-,40-/m1/s1. The summed E-state index contributed by atoms with van der Waals surface area (Å²) >= 11 is 0. The van der Waals surface area contributed by atoms with E-state index in [1.54, 1.807) is 26.8 Å². The number of methoxy groups -OCH3 is 1. The number of aromatic nitrogens is 2. The van der Waals surface area contributed by atoms with Crippen molar-refractivity contribution >= 4 is 44.9 Å². The van der Waals surface area contributed by atoms with Crippen LogP contribution in [0.5, 0.6) is 11.6 Å². The van der Waals surface area contributed by atoms with Gasteiger partial charge in [-0.3, -0.25) is 19.1 Å². The van der Waals surface area contributed by atoms with Crippen LogP contribution >= 0.6 is 0 Å². The lowest BCUT2D eigenvalue weighted by Crippen LogP contribution is -2.61. The number of halogens is 4. The number of fused-ring (bicyclic) bond motifs is 7. The maximum atomic E-state index is 16.5. The minimum Gasteiger partial charge on any atom is -0.497 e. The highest BCUT2D eigenvalue weighted by Gasteiger charge is 2.67. The first kappa shape index (κ1) is 43.2. The van der Waals surface area contributed by atoms with E-state index in [4.69, 9.17) is 14.2 Å². The van der Waals surface area contributed by atoms with Crippen LogP contribution in [0.3, 0.4) is 0 Å². The molecule has 5 fully saturated rings. The van der Waals surface area contributed by atoms with E-state index < -0.39 is 129 Å². The van der Waals surface area contributed by atoms with E-state index in [1.807, 2.05) is 4.72 Å². The summed E-state index contributed by atoms with van der Waals surface area (Å²) in [7, 11) is -2.79. The number of alkyl halides is 4. The molecule has 1 unspecified atom stereocenters. The van der Waals surface area contributed by atoms with Gasteiger partial charge < -0.3 is 29.7 Å². The van der Waals surface area contributed by atoms with E-state index >= 15 is 8.78 Å². The fraction of sp³-hybridized carbons (Fsp3) is 0.707. The molecule has 3 N–H and O–H groups in total. The van der Waals surface area contributed by atoms with Gasteiger partial charge in [0.15, 0.2) is 5.69 Å². The van der Waals surface area contributed by atoms with E-state index in [9.17, 15) is 36.4 Å². The molecule has 3 heterocycles. The third-order valence-electron chi connectivity index (χ3n) is 13.5. The molecule has 4 amide bonds. The van der Waals surface area contributed by atoms with Crippen molar-refractivity contribution in [1.82, 2.24) is 30.2 Å². The van der Waals surface area contributed by atoms with Crippen LogP contribution in [0.4, 0.5) is 22.4 Å². The molecule has 15 nitrogen and oxygen atoms in total. The number of benzene rings is 1. The lowest BCUT2D eigenvalue weighted by Gasteiger charge is -2.36. The average molecular weight is 881 g/mol. The minimum absolute atomic E-state index is 0.0575. The van der Waals surface area contributed by atoms with Crippen molar-refractivity contribution in [3.8, 4) is 11.6 Å². The number of alkyl carbamates (subject to hydrolysis) is 1. The van der Waals surface area contributed by atoms with Crippen LogP contribution in [0.25, 0.3) is 11.0 Å². The average Bonchev–Trinajstić information content (AvgIpc) is 4.11. The topological polar surface area (TPSA) is 195 Å². The molecule has 4 aliphatic carbocycles. The molecule has 20 heteroatoms. The molecule has 1 aromatic carbocycles. The van der Waals surface area contributed by atoms with E-state index in [2.05, 4.69) is 20.6 Å². The van der Waals surface area contributed by atoms with E-state index in [-0.39, 0.29) is 36.2 Å². The monoisotopic (exact) mass is 880 g/mol. The van der Waals surface area contributed by atoms with Gasteiger partial charge >= 0.3 is 6.09 Å². The number of amides is 4. The van der Waals surface area contributed by atoms with Crippen LogP contribution in [0.15, 0.2) is 18.2 Å². The zero-order valence-electron chi connectivity index (χ0n) is 34.6. The first-order chi connectivity index (χ1) is 28.6. The van der Waals surface area contributed by atoms with Crippen LogP contribution in [0.1, 0.15) is 91.2 Å². The Hall–Kier alpha value is -4.49. The Balaban J connectivity index is 1.18. The molecular formula is C41H52F4N6O9S. The number of nitrogens with one attached hydrogen (secondary N) is 3. The summed E-state index contributed by atoms with van der Waals surface area (Å²) in [6.45, 7) is 6.10. The molecular weight excluding hydrogens is 829 g/mol.